The van der Waals surface area contributed by atoms with Crippen molar-refractivity contribution in [1.29, 1.82) is 0 Å². The SMILES string of the molecule is CC(C(=O)N(C)C)S(=O)(=O)N(C)C1CCC(CO)CC1. The molecule has 1 aliphatic rings. The first-order valence-electron chi connectivity index (χ1n) is 7.00. The van der Waals surface area contributed by atoms with Gasteiger partial charge < -0.3 is 10.0 Å². The quantitative estimate of drug-likeness (QED) is 0.791. The summed E-state index contributed by atoms with van der Waals surface area (Å²) in [4.78, 5) is 13.2. The van der Waals surface area contributed by atoms with Crippen LogP contribution in [0.5, 0.6) is 0 Å². The number of hydrogen-bond acceptors (Lipinski definition) is 4. The summed E-state index contributed by atoms with van der Waals surface area (Å²) in [6.07, 6.45) is 3.14. The highest BCUT2D eigenvalue weighted by molar-refractivity contribution is 7.90. The molecule has 6 nitrogen and oxygen atoms in total. The molecule has 0 aromatic rings. The van der Waals surface area contributed by atoms with Crippen LogP contribution in [-0.2, 0) is 14.8 Å². The van der Waals surface area contributed by atoms with Gasteiger partial charge in [0.05, 0.1) is 0 Å². The number of rotatable bonds is 5. The van der Waals surface area contributed by atoms with E-state index in [1.54, 1.807) is 21.1 Å². The lowest BCUT2D eigenvalue weighted by Crippen LogP contribution is -2.48. The van der Waals surface area contributed by atoms with Crippen LogP contribution >= 0.6 is 0 Å². The van der Waals surface area contributed by atoms with Gasteiger partial charge in [0.25, 0.3) is 0 Å². The molecule has 1 amide bonds. The normalized spacial score (nSPS) is 25.5. The van der Waals surface area contributed by atoms with Crippen molar-refractivity contribution in [1.82, 2.24) is 9.21 Å². The zero-order valence-corrected chi connectivity index (χ0v) is 13.6. The predicted molar refractivity (Wildman–Crippen MR) is 77.7 cm³/mol. The van der Waals surface area contributed by atoms with Crippen LogP contribution in [0, 0.1) is 5.92 Å². The van der Waals surface area contributed by atoms with Gasteiger partial charge in [-0.3, -0.25) is 4.79 Å². The number of sulfonamides is 1. The predicted octanol–water partition coefficient (Wildman–Crippen LogP) is 0.276. The highest BCUT2D eigenvalue weighted by Gasteiger charge is 2.37. The Balaban J connectivity index is 2.75. The molecule has 20 heavy (non-hydrogen) atoms. The molecule has 1 aliphatic carbocycles. The zero-order chi connectivity index (χ0) is 15.5. The Kier molecular flexibility index (Phi) is 5.97. The number of amides is 1. The zero-order valence-electron chi connectivity index (χ0n) is 12.7. The van der Waals surface area contributed by atoms with Gasteiger partial charge in [-0.1, -0.05) is 0 Å². The monoisotopic (exact) mass is 306 g/mol. The number of carbonyl (C=O) groups is 1. The van der Waals surface area contributed by atoms with Crippen LogP contribution < -0.4 is 0 Å². The van der Waals surface area contributed by atoms with Gasteiger partial charge in [-0.15, -0.1) is 0 Å². The van der Waals surface area contributed by atoms with Crippen molar-refractivity contribution in [2.24, 2.45) is 5.92 Å². The highest BCUT2D eigenvalue weighted by Crippen LogP contribution is 2.28. The summed E-state index contributed by atoms with van der Waals surface area (Å²) in [5, 5.41) is 8.06. The topological polar surface area (TPSA) is 77.9 Å². The van der Waals surface area contributed by atoms with E-state index in [0.29, 0.717) is 0 Å². The van der Waals surface area contributed by atoms with E-state index in [4.69, 9.17) is 5.11 Å². The molecule has 1 atom stereocenters. The first-order valence-corrected chi connectivity index (χ1v) is 8.51. The Hall–Kier alpha value is -0.660. The Morgan fingerprint density at radius 3 is 2.10 bits per heavy atom. The molecule has 0 spiro atoms. The fourth-order valence-electron chi connectivity index (χ4n) is 2.64. The third kappa shape index (κ3) is 3.71. The summed E-state index contributed by atoms with van der Waals surface area (Å²) < 4.78 is 26.3. The van der Waals surface area contributed by atoms with E-state index in [1.165, 1.54) is 16.1 Å². The summed E-state index contributed by atoms with van der Waals surface area (Å²) in [6, 6.07) is -0.0692. The molecule has 118 valence electrons. The highest BCUT2D eigenvalue weighted by atomic mass is 32.2. The second kappa shape index (κ2) is 6.87. The molecule has 0 bridgehead atoms. The van der Waals surface area contributed by atoms with Crippen molar-refractivity contribution in [3.63, 3.8) is 0 Å². The number of hydrogen-bond donors (Lipinski definition) is 1. The van der Waals surface area contributed by atoms with E-state index >= 15 is 0 Å². The number of aliphatic hydroxyl groups excluding tert-OH is 1. The van der Waals surface area contributed by atoms with E-state index in [1.807, 2.05) is 0 Å². The summed E-state index contributed by atoms with van der Waals surface area (Å²) >= 11 is 0. The molecule has 1 unspecified atom stereocenters. The molecule has 0 aliphatic heterocycles. The van der Waals surface area contributed by atoms with Gasteiger partial charge in [-0.05, 0) is 38.5 Å². The maximum absolute atomic E-state index is 12.5. The fourth-order valence-corrected chi connectivity index (χ4v) is 4.23. The van der Waals surface area contributed by atoms with Crippen LogP contribution in [0.4, 0.5) is 0 Å². The summed E-state index contributed by atoms with van der Waals surface area (Å²) in [5.74, 6) is -0.121. The van der Waals surface area contributed by atoms with Crippen molar-refractivity contribution in [3.8, 4) is 0 Å². The molecule has 0 radical (unpaired) electrons. The van der Waals surface area contributed by atoms with Gasteiger partial charge >= 0.3 is 0 Å². The average molecular weight is 306 g/mol. The van der Waals surface area contributed by atoms with Crippen molar-refractivity contribution >= 4 is 15.9 Å². The number of nitrogens with zero attached hydrogens (tertiary/aromatic N) is 2. The van der Waals surface area contributed by atoms with Gasteiger partial charge in [0.2, 0.25) is 15.9 Å². The largest absolute Gasteiger partial charge is 0.396 e. The molecule has 7 heteroatoms. The molecule has 1 N–H and O–H groups in total. The van der Waals surface area contributed by atoms with E-state index in [-0.39, 0.29) is 18.6 Å². The van der Waals surface area contributed by atoms with Crippen LogP contribution in [0.2, 0.25) is 0 Å². The minimum absolute atomic E-state index is 0.0692. The molecular formula is C13H26N2O4S. The minimum atomic E-state index is -3.63. The van der Waals surface area contributed by atoms with E-state index in [0.717, 1.165) is 25.7 Å². The lowest BCUT2D eigenvalue weighted by Gasteiger charge is -2.34. The van der Waals surface area contributed by atoms with E-state index in [2.05, 4.69) is 0 Å². The molecule has 1 rings (SSSR count). The van der Waals surface area contributed by atoms with Gasteiger partial charge in [-0.2, -0.15) is 0 Å². The minimum Gasteiger partial charge on any atom is -0.396 e. The molecule has 0 heterocycles. The van der Waals surface area contributed by atoms with Crippen LogP contribution in [0.25, 0.3) is 0 Å². The van der Waals surface area contributed by atoms with Gasteiger partial charge in [-0.25, -0.2) is 12.7 Å². The fraction of sp³-hybridized carbons (Fsp3) is 0.923. The Labute approximate surface area is 121 Å². The van der Waals surface area contributed by atoms with Gasteiger partial charge in [0.15, 0.2) is 5.25 Å². The Morgan fingerprint density at radius 1 is 1.20 bits per heavy atom. The number of carbonyl (C=O) groups excluding carboxylic acids is 1. The van der Waals surface area contributed by atoms with Gasteiger partial charge in [0.1, 0.15) is 0 Å². The van der Waals surface area contributed by atoms with E-state index in [9.17, 15) is 13.2 Å². The summed E-state index contributed by atoms with van der Waals surface area (Å²) in [5.41, 5.74) is 0. The average Bonchev–Trinajstić information content (AvgIpc) is 2.44. The molecule has 0 aromatic heterocycles. The third-order valence-corrected chi connectivity index (χ3v) is 6.42. The van der Waals surface area contributed by atoms with Crippen LogP contribution in [0.1, 0.15) is 32.6 Å². The van der Waals surface area contributed by atoms with Crippen molar-refractivity contribution in [2.45, 2.75) is 43.9 Å². The second-order valence-electron chi connectivity index (χ2n) is 5.79. The summed E-state index contributed by atoms with van der Waals surface area (Å²) in [6.45, 7) is 1.60. The molecule has 0 aromatic carbocycles. The van der Waals surface area contributed by atoms with E-state index < -0.39 is 21.2 Å². The Bertz CT molecular complexity index is 428. The Morgan fingerprint density at radius 2 is 1.70 bits per heavy atom. The van der Waals surface area contributed by atoms with Crippen LogP contribution in [-0.4, -0.2) is 67.7 Å². The molecular weight excluding hydrogens is 280 g/mol. The van der Waals surface area contributed by atoms with Gasteiger partial charge in [0, 0.05) is 33.8 Å². The third-order valence-electron chi connectivity index (χ3n) is 4.23. The lowest BCUT2D eigenvalue weighted by atomic mass is 9.87. The first kappa shape index (κ1) is 17.4. The summed E-state index contributed by atoms with van der Waals surface area (Å²) in [7, 11) is 1.04. The molecule has 1 saturated carbocycles. The smallest absolute Gasteiger partial charge is 0.241 e. The van der Waals surface area contributed by atoms with Crippen LogP contribution in [0.15, 0.2) is 0 Å². The second-order valence-corrected chi connectivity index (χ2v) is 8.11. The standard InChI is InChI=1S/C13H26N2O4S/c1-10(13(17)14(2)3)20(18,19)15(4)12-7-5-11(9-16)6-8-12/h10-12,16H,5-9H2,1-4H3. The lowest BCUT2D eigenvalue weighted by molar-refractivity contribution is -0.128. The number of aliphatic hydroxyl groups is 1. The van der Waals surface area contributed by atoms with Crippen molar-refractivity contribution < 1.29 is 18.3 Å². The molecule has 0 saturated heterocycles. The maximum Gasteiger partial charge on any atom is 0.241 e. The molecule has 1 fully saturated rings. The van der Waals surface area contributed by atoms with Crippen LogP contribution in [0.3, 0.4) is 0 Å². The van der Waals surface area contributed by atoms with Crippen molar-refractivity contribution in [3.05, 3.63) is 0 Å². The maximum atomic E-state index is 12.5. The first-order chi connectivity index (χ1) is 9.21. The van der Waals surface area contributed by atoms with Crippen molar-refractivity contribution in [2.75, 3.05) is 27.7 Å².